The Bertz CT molecular complexity index is 1010. The van der Waals surface area contributed by atoms with Gasteiger partial charge in [-0.15, -0.1) is 0 Å². The van der Waals surface area contributed by atoms with Crippen LogP contribution >= 0.6 is 0 Å². The number of carbonyl (C=O) groups excluding carboxylic acids is 1. The van der Waals surface area contributed by atoms with Crippen molar-refractivity contribution < 1.29 is 17.9 Å². The van der Waals surface area contributed by atoms with E-state index in [1.54, 1.807) is 55.6 Å². The first kappa shape index (κ1) is 17.1. The molecule has 128 valence electrons. The van der Waals surface area contributed by atoms with Crippen LogP contribution in [0.2, 0.25) is 0 Å². The van der Waals surface area contributed by atoms with Crippen LogP contribution in [0.5, 0.6) is 0 Å². The lowest BCUT2D eigenvalue weighted by Gasteiger charge is -2.08. The molecule has 0 radical (unpaired) electrons. The van der Waals surface area contributed by atoms with E-state index in [0.29, 0.717) is 23.3 Å². The van der Waals surface area contributed by atoms with Gasteiger partial charge in [0.15, 0.2) is 9.84 Å². The summed E-state index contributed by atoms with van der Waals surface area (Å²) in [4.78, 5) is 16.1. The number of hydrogen-bond donors (Lipinski definition) is 0. The SMILES string of the molecule is CCOC(=O)c1ccc(CS(=O)(=O)c2cccc3cccnc23)cc1. The summed E-state index contributed by atoms with van der Waals surface area (Å²) in [5.74, 6) is -0.582. The fourth-order valence-electron chi connectivity index (χ4n) is 2.58. The van der Waals surface area contributed by atoms with Gasteiger partial charge in [-0.05, 0) is 36.8 Å². The van der Waals surface area contributed by atoms with E-state index >= 15 is 0 Å². The number of esters is 1. The second kappa shape index (κ2) is 7.03. The van der Waals surface area contributed by atoms with Crippen molar-refractivity contribution in [1.82, 2.24) is 4.98 Å². The van der Waals surface area contributed by atoms with Crippen LogP contribution in [0.1, 0.15) is 22.8 Å². The molecule has 3 rings (SSSR count). The van der Waals surface area contributed by atoms with Gasteiger partial charge in [0.25, 0.3) is 0 Å². The molecule has 25 heavy (non-hydrogen) atoms. The summed E-state index contributed by atoms with van der Waals surface area (Å²) < 4.78 is 30.5. The van der Waals surface area contributed by atoms with Gasteiger partial charge in [-0.2, -0.15) is 0 Å². The van der Waals surface area contributed by atoms with Gasteiger partial charge < -0.3 is 4.74 Å². The van der Waals surface area contributed by atoms with E-state index in [0.717, 1.165) is 5.39 Å². The van der Waals surface area contributed by atoms with Crippen LogP contribution in [0.25, 0.3) is 10.9 Å². The predicted octanol–water partition coefficient (Wildman–Crippen LogP) is 3.39. The minimum Gasteiger partial charge on any atom is -0.462 e. The van der Waals surface area contributed by atoms with E-state index in [4.69, 9.17) is 4.74 Å². The average molecular weight is 355 g/mol. The molecular weight excluding hydrogens is 338 g/mol. The first-order chi connectivity index (χ1) is 12.0. The smallest absolute Gasteiger partial charge is 0.338 e. The zero-order valence-corrected chi connectivity index (χ0v) is 14.5. The second-order valence-corrected chi connectivity index (χ2v) is 7.47. The minimum atomic E-state index is -3.56. The standard InChI is InChI=1S/C19H17NO4S/c1-2-24-19(21)16-10-8-14(9-11-16)13-25(22,23)17-7-3-5-15-6-4-12-20-18(15)17/h3-12H,2,13H2,1H3. The third-order valence-electron chi connectivity index (χ3n) is 3.75. The van der Waals surface area contributed by atoms with Crippen LogP contribution in [0, 0.1) is 0 Å². The highest BCUT2D eigenvalue weighted by Crippen LogP contribution is 2.24. The molecule has 0 saturated carbocycles. The van der Waals surface area contributed by atoms with Gasteiger partial charge in [0.05, 0.1) is 28.3 Å². The van der Waals surface area contributed by atoms with Crippen molar-refractivity contribution in [2.45, 2.75) is 17.6 Å². The number of para-hydroxylation sites is 1. The first-order valence-electron chi connectivity index (χ1n) is 7.84. The number of fused-ring (bicyclic) bond motifs is 1. The molecule has 1 aromatic heterocycles. The number of pyridine rings is 1. The molecule has 3 aromatic rings. The summed E-state index contributed by atoms with van der Waals surface area (Å²) in [6, 6.07) is 15.1. The van der Waals surface area contributed by atoms with E-state index in [9.17, 15) is 13.2 Å². The van der Waals surface area contributed by atoms with E-state index in [-0.39, 0.29) is 10.6 Å². The normalized spacial score (nSPS) is 11.4. The summed E-state index contributed by atoms with van der Waals surface area (Å²) in [6.45, 7) is 2.03. The minimum absolute atomic E-state index is 0.161. The van der Waals surface area contributed by atoms with Crippen LogP contribution < -0.4 is 0 Å². The maximum absolute atomic E-state index is 12.8. The molecule has 0 unspecified atom stereocenters. The van der Waals surface area contributed by atoms with E-state index in [2.05, 4.69) is 4.98 Å². The largest absolute Gasteiger partial charge is 0.462 e. The van der Waals surface area contributed by atoms with Gasteiger partial charge in [0.1, 0.15) is 0 Å². The van der Waals surface area contributed by atoms with Crippen LogP contribution in [0.15, 0.2) is 65.7 Å². The van der Waals surface area contributed by atoms with Crippen molar-refractivity contribution in [2.75, 3.05) is 6.61 Å². The van der Waals surface area contributed by atoms with Crippen molar-refractivity contribution in [3.05, 3.63) is 71.9 Å². The maximum atomic E-state index is 12.8. The summed E-state index contributed by atoms with van der Waals surface area (Å²) in [5.41, 5.74) is 1.46. The predicted molar refractivity (Wildman–Crippen MR) is 95.0 cm³/mol. The lowest BCUT2D eigenvalue weighted by Crippen LogP contribution is -2.07. The van der Waals surface area contributed by atoms with Gasteiger partial charge in [0, 0.05) is 11.6 Å². The number of sulfone groups is 1. The van der Waals surface area contributed by atoms with Crippen LogP contribution in [0.3, 0.4) is 0 Å². The van der Waals surface area contributed by atoms with Crippen LogP contribution in [0.4, 0.5) is 0 Å². The lowest BCUT2D eigenvalue weighted by atomic mass is 10.1. The zero-order valence-electron chi connectivity index (χ0n) is 13.7. The Labute approximate surface area is 146 Å². The molecule has 6 heteroatoms. The summed E-state index contributed by atoms with van der Waals surface area (Å²) >= 11 is 0. The van der Waals surface area contributed by atoms with Crippen molar-refractivity contribution in [3.8, 4) is 0 Å². The molecule has 0 aliphatic heterocycles. The maximum Gasteiger partial charge on any atom is 0.338 e. The molecule has 2 aromatic carbocycles. The van der Waals surface area contributed by atoms with E-state index in [1.807, 2.05) is 12.1 Å². The molecular formula is C19H17NO4S. The van der Waals surface area contributed by atoms with Crippen molar-refractivity contribution >= 4 is 26.7 Å². The highest BCUT2D eigenvalue weighted by Gasteiger charge is 2.19. The number of benzene rings is 2. The fraction of sp³-hybridized carbons (Fsp3) is 0.158. The third-order valence-corrected chi connectivity index (χ3v) is 5.47. The summed E-state index contributed by atoms with van der Waals surface area (Å²) in [5, 5.41) is 0.779. The Morgan fingerprint density at radius 1 is 1.04 bits per heavy atom. The van der Waals surface area contributed by atoms with Crippen molar-refractivity contribution in [1.29, 1.82) is 0 Å². The number of carbonyl (C=O) groups is 1. The van der Waals surface area contributed by atoms with Gasteiger partial charge >= 0.3 is 5.97 Å². The highest BCUT2D eigenvalue weighted by atomic mass is 32.2. The fourth-order valence-corrected chi connectivity index (χ4v) is 4.11. The molecule has 5 nitrogen and oxygen atoms in total. The van der Waals surface area contributed by atoms with Crippen molar-refractivity contribution in [2.24, 2.45) is 0 Å². The molecule has 0 N–H and O–H groups in total. The Hall–Kier alpha value is -2.73. The summed E-state index contributed by atoms with van der Waals surface area (Å²) in [6.07, 6.45) is 1.58. The molecule has 0 bridgehead atoms. The number of rotatable bonds is 5. The number of aromatic nitrogens is 1. The monoisotopic (exact) mass is 355 g/mol. The Balaban J connectivity index is 1.90. The molecule has 0 spiro atoms. The van der Waals surface area contributed by atoms with E-state index in [1.165, 1.54) is 0 Å². The van der Waals surface area contributed by atoms with Crippen LogP contribution in [-0.2, 0) is 20.3 Å². The van der Waals surface area contributed by atoms with Gasteiger partial charge in [-0.25, -0.2) is 13.2 Å². The average Bonchev–Trinajstić information content (AvgIpc) is 2.61. The Kier molecular flexibility index (Phi) is 4.81. The van der Waals surface area contributed by atoms with Gasteiger partial charge in [-0.3, -0.25) is 4.98 Å². The zero-order chi connectivity index (χ0) is 17.9. The molecule has 0 atom stereocenters. The quantitative estimate of drug-likeness (QED) is 0.656. The second-order valence-electron chi connectivity index (χ2n) is 5.51. The summed E-state index contributed by atoms with van der Waals surface area (Å²) in [7, 11) is -3.56. The molecule has 0 fully saturated rings. The van der Waals surface area contributed by atoms with Gasteiger partial charge in [0.2, 0.25) is 0 Å². The highest BCUT2D eigenvalue weighted by molar-refractivity contribution is 7.90. The molecule has 0 aliphatic carbocycles. The first-order valence-corrected chi connectivity index (χ1v) is 9.49. The van der Waals surface area contributed by atoms with E-state index < -0.39 is 15.8 Å². The molecule has 0 amide bonds. The third kappa shape index (κ3) is 3.69. The molecule has 1 heterocycles. The van der Waals surface area contributed by atoms with Gasteiger partial charge in [-0.1, -0.05) is 30.3 Å². The number of ether oxygens (including phenoxy) is 1. The van der Waals surface area contributed by atoms with Crippen molar-refractivity contribution in [3.63, 3.8) is 0 Å². The lowest BCUT2D eigenvalue weighted by molar-refractivity contribution is 0.0526. The molecule has 0 aliphatic rings. The number of hydrogen-bond acceptors (Lipinski definition) is 5. The Morgan fingerprint density at radius 3 is 2.48 bits per heavy atom. The number of nitrogens with zero attached hydrogens (tertiary/aromatic N) is 1. The molecule has 0 saturated heterocycles. The van der Waals surface area contributed by atoms with Crippen LogP contribution in [-0.4, -0.2) is 26.0 Å². The topological polar surface area (TPSA) is 73.3 Å². The Morgan fingerprint density at radius 2 is 1.76 bits per heavy atom.